The van der Waals surface area contributed by atoms with Crippen LogP contribution in [0.4, 0.5) is 0 Å². The van der Waals surface area contributed by atoms with Crippen LogP contribution >= 0.6 is 0 Å². The highest BCUT2D eigenvalue weighted by molar-refractivity contribution is 5.14. The summed E-state index contributed by atoms with van der Waals surface area (Å²) in [4.78, 5) is 2.05. The fraction of sp³-hybridized carbons (Fsp3) is 0.333. The highest BCUT2D eigenvalue weighted by Crippen LogP contribution is 1.96. The van der Waals surface area contributed by atoms with Gasteiger partial charge < -0.3 is 16.0 Å². The van der Waals surface area contributed by atoms with Crippen molar-refractivity contribution < 1.29 is 0 Å². The summed E-state index contributed by atoms with van der Waals surface area (Å²) in [5.74, 6) is 0. The molecule has 3 nitrogen and oxygen atoms in total. The molecular formula is C12H19N3. The van der Waals surface area contributed by atoms with Gasteiger partial charge in [-0.1, -0.05) is 30.3 Å². The Morgan fingerprint density at radius 1 is 1.33 bits per heavy atom. The average Bonchev–Trinajstić information content (AvgIpc) is 2.26. The molecule has 0 aliphatic carbocycles. The van der Waals surface area contributed by atoms with Gasteiger partial charge in [0.2, 0.25) is 0 Å². The Bertz CT molecular complexity index is 282. The van der Waals surface area contributed by atoms with Gasteiger partial charge in [-0.2, -0.15) is 0 Å². The molecule has 0 aliphatic heterocycles. The van der Waals surface area contributed by atoms with E-state index in [0.29, 0.717) is 6.54 Å². The molecule has 1 aromatic carbocycles. The third-order valence-corrected chi connectivity index (χ3v) is 2.08. The quantitative estimate of drug-likeness (QED) is 0.731. The fourth-order valence-electron chi connectivity index (χ4n) is 1.23. The highest BCUT2D eigenvalue weighted by atomic mass is 15.1. The van der Waals surface area contributed by atoms with Crippen molar-refractivity contribution >= 4 is 0 Å². The number of nitrogens with two attached hydrogens (primary N) is 1. The van der Waals surface area contributed by atoms with Crippen LogP contribution in [-0.2, 0) is 6.54 Å². The minimum atomic E-state index is 0.680. The van der Waals surface area contributed by atoms with Crippen molar-refractivity contribution in [3.63, 3.8) is 0 Å². The first-order chi connectivity index (χ1) is 7.33. The van der Waals surface area contributed by atoms with Crippen molar-refractivity contribution in [2.45, 2.75) is 6.54 Å². The van der Waals surface area contributed by atoms with E-state index in [0.717, 1.165) is 13.1 Å². The van der Waals surface area contributed by atoms with E-state index in [1.54, 1.807) is 0 Å². The number of benzene rings is 1. The molecule has 1 rings (SSSR count). The molecule has 82 valence electrons. The normalized spacial score (nSPS) is 10.5. The lowest BCUT2D eigenvalue weighted by atomic mass is 10.2. The summed E-state index contributed by atoms with van der Waals surface area (Å²) in [6.45, 7) is 2.41. The molecular weight excluding hydrogens is 186 g/mol. The molecule has 3 N–H and O–H groups in total. The lowest BCUT2D eigenvalue weighted by Gasteiger charge is -2.11. The molecule has 0 unspecified atom stereocenters. The van der Waals surface area contributed by atoms with Crippen LogP contribution in [0.2, 0.25) is 0 Å². The van der Waals surface area contributed by atoms with Crippen molar-refractivity contribution in [2.75, 3.05) is 20.1 Å². The van der Waals surface area contributed by atoms with Gasteiger partial charge in [-0.05, 0) is 5.56 Å². The van der Waals surface area contributed by atoms with Crippen LogP contribution in [0.1, 0.15) is 5.56 Å². The summed E-state index contributed by atoms with van der Waals surface area (Å²) in [6.07, 6.45) is 3.94. The van der Waals surface area contributed by atoms with Crippen molar-refractivity contribution in [3.05, 3.63) is 48.3 Å². The minimum Gasteiger partial charge on any atom is -0.386 e. The number of nitrogens with one attached hydrogen (secondary N) is 1. The topological polar surface area (TPSA) is 41.3 Å². The zero-order valence-electron chi connectivity index (χ0n) is 9.19. The molecule has 0 aliphatic rings. The zero-order chi connectivity index (χ0) is 10.9. The van der Waals surface area contributed by atoms with Crippen LogP contribution in [0.25, 0.3) is 0 Å². The first-order valence-electron chi connectivity index (χ1n) is 5.17. The van der Waals surface area contributed by atoms with Gasteiger partial charge in [-0.15, -0.1) is 0 Å². The fourth-order valence-corrected chi connectivity index (χ4v) is 1.23. The van der Waals surface area contributed by atoms with Crippen LogP contribution in [0, 0.1) is 0 Å². The first kappa shape index (κ1) is 11.6. The van der Waals surface area contributed by atoms with E-state index in [1.807, 2.05) is 37.6 Å². The molecule has 0 amide bonds. The largest absolute Gasteiger partial charge is 0.386 e. The molecule has 0 saturated carbocycles. The molecule has 0 spiro atoms. The maximum atomic E-state index is 5.43. The number of rotatable bonds is 6. The van der Waals surface area contributed by atoms with E-state index in [9.17, 15) is 0 Å². The SMILES string of the molecule is CN(/C=C\NCc1ccccc1)CCN. The predicted molar refractivity (Wildman–Crippen MR) is 64.1 cm³/mol. The van der Waals surface area contributed by atoms with Crippen molar-refractivity contribution in [1.82, 2.24) is 10.2 Å². The molecule has 0 bridgehead atoms. The second kappa shape index (κ2) is 6.90. The maximum Gasteiger partial charge on any atom is 0.0395 e. The second-order valence-corrected chi connectivity index (χ2v) is 3.45. The molecule has 0 saturated heterocycles. The van der Waals surface area contributed by atoms with E-state index in [2.05, 4.69) is 22.3 Å². The molecule has 0 heterocycles. The van der Waals surface area contributed by atoms with Crippen LogP contribution < -0.4 is 11.1 Å². The lowest BCUT2D eigenvalue weighted by Crippen LogP contribution is -2.21. The highest BCUT2D eigenvalue weighted by Gasteiger charge is 1.88. The molecule has 0 radical (unpaired) electrons. The molecule has 3 heteroatoms. The number of hydrogen-bond donors (Lipinski definition) is 2. The Balaban J connectivity index is 2.21. The molecule has 0 aromatic heterocycles. The van der Waals surface area contributed by atoms with Crippen LogP contribution in [0.15, 0.2) is 42.7 Å². The van der Waals surface area contributed by atoms with Crippen molar-refractivity contribution in [2.24, 2.45) is 5.73 Å². The molecule has 1 aromatic rings. The first-order valence-corrected chi connectivity index (χ1v) is 5.17. The van der Waals surface area contributed by atoms with Gasteiger partial charge in [0.25, 0.3) is 0 Å². The Morgan fingerprint density at radius 2 is 2.07 bits per heavy atom. The van der Waals surface area contributed by atoms with Gasteiger partial charge >= 0.3 is 0 Å². The summed E-state index contributed by atoms with van der Waals surface area (Å²) < 4.78 is 0. The van der Waals surface area contributed by atoms with E-state index < -0.39 is 0 Å². The molecule has 0 atom stereocenters. The minimum absolute atomic E-state index is 0.680. The van der Waals surface area contributed by atoms with Gasteiger partial charge in [0.05, 0.1) is 0 Å². The van der Waals surface area contributed by atoms with Crippen molar-refractivity contribution in [3.8, 4) is 0 Å². The van der Waals surface area contributed by atoms with E-state index in [-0.39, 0.29) is 0 Å². The monoisotopic (exact) mass is 205 g/mol. The van der Waals surface area contributed by atoms with Crippen LogP contribution in [-0.4, -0.2) is 25.0 Å². The smallest absolute Gasteiger partial charge is 0.0395 e. The lowest BCUT2D eigenvalue weighted by molar-refractivity contribution is 0.464. The second-order valence-electron chi connectivity index (χ2n) is 3.45. The summed E-state index contributed by atoms with van der Waals surface area (Å²) in [5.41, 5.74) is 6.71. The number of nitrogens with zero attached hydrogens (tertiary/aromatic N) is 1. The Labute approximate surface area is 91.6 Å². The maximum absolute atomic E-state index is 5.43. The van der Waals surface area contributed by atoms with E-state index in [1.165, 1.54) is 5.56 Å². The Morgan fingerprint density at radius 3 is 2.73 bits per heavy atom. The number of hydrogen-bond acceptors (Lipinski definition) is 3. The van der Waals surface area contributed by atoms with Gasteiger partial charge in [-0.25, -0.2) is 0 Å². The Kier molecular flexibility index (Phi) is 5.33. The van der Waals surface area contributed by atoms with Gasteiger partial charge in [0.1, 0.15) is 0 Å². The predicted octanol–water partition coefficient (Wildman–Crippen LogP) is 1.14. The summed E-state index contributed by atoms with van der Waals surface area (Å²) >= 11 is 0. The Hall–Kier alpha value is -1.48. The molecule has 0 fully saturated rings. The third-order valence-electron chi connectivity index (χ3n) is 2.08. The molecule has 15 heavy (non-hydrogen) atoms. The van der Waals surface area contributed by atoms with E-state index >= 15 is 0 Å². The van der Waals surface area contributed by atoms with Crippen LogP contribution in [0.3, 0.4) is 0 Å². The third kappa shape index (κ3) is 5.08. The van der Waals surface area contributed by atoms with Gasteiger partial charge in [-0.3, -0.25) is 0 Å². The zero-order valence-corrected chi connectivity index (χ0v) is 9.19. The summed E-state index contributed by atoms with van der Waals surface area (Å²) in [6, 6.07) is 10.3. The van der Waals surface area contributed by atoms with E-state index in [4.69, 9.17) is 5.73 Å². The van der Waals surface area contributed by atoms with Gasteiger partial charge in [0, 0.05) is 39.1 Å². The van der Waals surface area contributed by atoms with Gasteiger partial charge in [0.15, 0.2) is 0 Å². The standard InChI is InChI=1S/C12H19N3/c1-15(9-7-13)10-8-14-11-12-5-3-2-4-6-12/h2-6,8,10,14H,7,9,11,13H2,1H3/b10-8-. The van der Waals surface area contributed by atoms with Crippen molar-refractivity contribution in [1.29, 1.82) is 0 Å². The summed E-state index contributed by atoms with van der Waals surface area (Å²) in [5, 5.41) is 3.23. The average molecular weight is 205 g/mol. The van der Waals surface area contributed by atoms with Crippen LogP contribution in [0.5, 0.6) is 0 Å². The number of likely N-dealkylation sites (N-methyl/N-ethyl adjacent to an activating group) is 1. The summed E-state index contributed by atoms with van der Waals surface area (Å²) in [7, 11) is 2.01.